The Balaban J connectivity index is 2.19. The van der Waals surface area contributed by atoms with Crippen molar-refractivity contribution in [2.45, 2.75) is 6.92 Å². The highest BCUT2D eigenvalue weighted by Crippen LogP contribution is 2.38. The SMILES string of the molecule is COC(=O)c1c(-c2ccc(NS(=O)O)cc2)c(C)c(-c2ccc(Cl)cc2)n1C. The van der Waals surface area contributed by atoms with Gasteiger partial charge in [-0.3, -0.25) is 9.27 Å². The Morgan fingerprint density at radius 1 is 1.11 bits per heavy atom. The second-order valence-electron chi connectivity index (χ2n) is 6.18. The molecule has 0 amide bonds. The van der Waals surface area contributed by atoms with Crippen LogP contribution in [0.15, 0.2) is 48.5 Å². The van der Waals surface area contributed by atoms with E-state index in [4.69, 9.17) is 20.9 Å². The summed E-state index contributed by atoms with van der Waals surface area (Å²) in [6.45, 7) is 1.95. The topological polar surface area (TPSA) is 80.6 Å². The molecule has 1 unspecified atom stereocenters. The van der Waals surface area contributed by atoms with E-state index in [2.05, 4.69) is 4.72 Å². The highest BCUT2D eigenvalue weighted by molar-refractivity contribution is 7.80. The Morgan fingerprint density at radius 2 is 1.68 bits per heavy atom. The fourth-order valence-electron chi connectivity index (χ4n) is 3.34. The molecule has 0 bridgehead atoms. The molecule has 8 heteroatoms. The number of rotatable bonds is 5. The molecule has 3 aromatic rings. The lowest BCUT2D eigenvalue weighted by atomic mass is 9.99. The molecule has 0 saturated carbocycles. The van der Waals surface area contributed by atoms with Crippen molar-refractivity contribution in [1.82, 2.24) is 4.57 Å². The van der Waals surface area contributed by atoms with Crippen LogP contribution in [-0.4, -0.2) is 26.4 Å². The first-order valence-electron chi connectivity index (χ1n) is 8.35. The van der Waals surface area contributed by atoms with E-state index in [0.29, 0.717) is 16.4 Å². The van der Waals surface area contributed by atoms with Gasteiger partial charge in [0.25, 0.3) is 11.3 Å². The number of carbonyl (C=O) groups excluding carboxylic acids is 1. The summed E-state index contributed by atoms with van der Waals surface area (Å²) < 4.78 is 29.1. The van der Waals surface area contributed by atoms with Crippen molar-refractivity contribution < 1.29 is 18.3 Å². The molecule has 0 aliphatic carbocycles. The molecule has 146 valence electrons. The molecular weight excluding hydrogens is 400 g/mol. The van der Waals surface area contributed by atoms with E-state index < -0.39 is 17.2 Å². The lowest BCUT2D eigenvalue weighted by Gasteiger charge is -2.08. The van der Waals surface area contributed by atoms with E-state index in [1.54, 1.807) is 36.4 Å². The first kappa shape index (κ1) is 20.1. The van der Waals surface area contributed by atoms with Crippen LogP contribution in [0.2, 0.25) is 5.02 Å². The van der Waals surface area contributed by atoms with Gasteiger partial charge >= 0.3 is 5.97 Å². The van der Waals surface area contributed by atoms with Crippen LogP contribution in [0.5, 0.6) is 0 Å². The zero-order valence-electron chi connectivity index (χ0n) is 15.5. The van der Waals surface area contributed by atoms with Crippen molar-refractivity contribution in [2.75, 3.05) is 11.8 Å². The second-order valence-corrected chi connectivity index (χ2v) is 7.32. The number of ether oxygens (including phenoxy) is 1. The lowest BCUT2D eigenvalue weighted by molar-refractivity contribution is 0.0591. The summed E-state index contributed by atoms with van der Waals surface area (Å²) in [7, 11) is 3.16. The van der Waals surface area contributed by atoms with Crippen LogP contribution < -0.4 is 4.72 Å². The quantitative estimate of drug-likeness (QED) is 0.466. The first-order chi connectivity index (χ1) is 13.3. The molecule has 0 saturated heterocycles. The number of nitrogens with one attached hydrogen (secondary N) is 1. The molecule has 28 heavy (non-hydrogen) atoms. The molecule has 0 aliphatic heterocycles. The average Bonchev–Trinajstić information content (AvgIpc) is 2.92. The van der Waals surface area contributed by atoms with Crippen molar-refractivity contribution in [3.8, 4) is 22.4 Å². The molecule has 6 nitrogen and oxygen atoms in total. The van der Waals surface area contributed by atoms with Gasteiger partial charge in [0, 0.05) is 23.3 Å². The number of halogens is 1. The summed E-state index contributed by atoms with van der Waals surface area (Å²) in [5.41, 5.74) is 5.18. The van der Waals surface area contributed by atoms with Crippen molar-refractivity contribution in [1.29, 1.82) is 0 Å². The van der Waals surface area contributed by atoms with Crippen LogP contribution >= 0.6 is 11.6 Å². The molecular formula is C20H19ClN2O4S. The summed E-state index contributed by atoms with van der Waals surface area (Å²) in [6.07, 6.45) is 0. The zero-order chi connectivity index (χ0) is 20.4. The Labute approximate surface area is 170 Å². The lowest BCUT2D eigenvalue weighted by Crippen LogP contribution is -2.09. The number of hydrogen-bond acceptors (Lipinski definition) is 3. The van der Waals surface area contributed by atoms with Gasteiger partial charge in [-0.1, -0.05) is 35.9 Å². The molecule has 2 N–H and O–H groups in total. The van der Waals surface area contributed by atoms with Gasteiger partial charge in [-0.15, -0.1) is 0 Å². The number of hydrogen-bond donors (Lipinski definition) is 2. The summed E-state index contributed by atoms with van der Waals surface area (Å²) in [4.78, 5) is 12.5. The molecule has 0 aliphatic rings. The number of aromatic nitrogens is 1. The van der Waals surface area contributed by atoms with Crippen LogP contribution in [0.3, 0.4) is 0 Å². The summed E-state index contributed by atoms with van der Waals surface area (Å²) in [5.74, 6) is -0.445. The van der Waals surface area contributed by atoms with E-state index in [1.807, 2.05) is 30.7 Å². The largest absolute Gasteiger partial charge is 0.464 e. The van der Waals surface area contributed by atoms with Gasteiger partial charge in [0.15, 0.2) is 0 Å². The normalized spacial score (nSPS) is 11.9. The van der Waals surface area contributed by atoms with E-state index in [9.17, 15) is 9.00 Å². The maximum Gasteiger partial charge on any atom is 0.355 e. The minimum atomic E-state index is -2.15. The number of benzene rings is 2. The summed E-state index contributed by atoms with van der Waals surface area (Å²) in [5, 5.41) is 0.633. The minimum Gasteiger partial charge on any atom is -0.464 e. The van der Waals surface area contributed by atoms with Gasteiger partial charge in [-0.05, 0) is 47.9 Å². The monoisotopic (exact) mass is 418 g/mol. The third-order valence-electron chi connectivity index (χ3n) is 4.51. The molecule has 1 heterocycles. The molecule has 1 aromatic heterocycles. The van der Waals surface area contributed by atoms with E-state index in [-0.39, 0.29) is 0 Å². The van der Waals surface area contributed by atoms with Gasteiger partial charge in [0.1, 0.15) is 5.69 Å². The van der Waals surface area contributed by atoms with Crippen molar-refractivity contribution in [2.24, 2.45) is 7.05 Å². The van der Waals surface area contributed by atoms with Crippen LogP contribution in [0.4, 0.5) is 5.69 Å². The van der Waals surface area contributed by atoms with Crippen molar-refractivity contribution >= 4 is 34.5 Å². The van der Waals surface area contributed by atoms with E-state index >= 15 is 0 Å². The standard InChI is InChI=1S/C20H19ClN2O4S/c1-12-17(13-6-10-16(11-7-13)22-28(25)26)19(20(24)27-3)23(2)18(12)14-4-8-15(21)9-5-14/h4-11,22H,1-3H3,(H,25,26). The number of nitrogens with zero attached hydrogens (tertiary/aromatic N) is 1. The van der Waals surface area contributed by atoms with Crippen LogP contribution in [0.1, 0.15) is 16.1 Å². The van der Waals surface area contributed by atoms with Gasteiger partial charge in [0.2, 0.25) is 0 Å². The Kier molecular flexibility index (Phi) is 5.88. The molecule has 2 aromatic carbocycles. The van der Waals surface area contributed by atoms with Gasteiger partial charge < -0.3 is 9.30 Å². The van der Waals surface area contributed by atoms with Crippen LogP contribution in [0, 0.1) is 6.92 Å². The second kappa shape index (κ2) is 8.18. The van der Waals surface area contributed by atoms with Gasteiger partial charge in [0.05, 0.1) is 12.8 Å². The van der Waals surface area contributed by atoms with Gasteiger partial charge in [-0.25, -0.2) is 9.00 Å². The molecule has 3 rings (SSSR count). The minimum absolute atomic E-state index is 0.427. The third-order valence-corrected chi connectivity index (χ3v) is 5.18. The van der Waals surface area contributed by atoms with Crippen LogP contribution in [0.25, 0.3) is 22.4 Å². The fourth-order valence-corrected chi connectivity index (χ4v) is 3.80. The maximum atomic E-state index is 12.5. The van der Waals surface area contributed by atoms with E-state index in [0.717, 1.165) is 27.9 Å². The Morgan fingerprint density at radius 3 is 2.21 bits per heavy atom. The number of carbonyl (C=O) groups is 1. The highest BCUT2D eigenvalue weighted by atomic mass is 35.5. The Bertz CT molecular complexity index is 1040. The molecule has 1 atom stereocenters. The molecule has 0 spiro atoms. The predicted octanol–water partition coefficient (Wildman–Crippen LogP) is 4.66. The maximum absolute atomic E-state index is 12.5. The summed E-state index contributed by atoms with van der Waals surface area (Å²) >= 11 is 3.86. The summed E-state index contributed by atoms with van der Waals surface area (Å²) in [6, 6.07) is 14.3. The third kappa shape index (κ3) is 3.82. The van der Waals surface area contributed by atoms with E-state index in [1.165, 1.54) is 7.11 Å². The first-order valence-corrected chi connectivity index (χ1v) is 9.83. The number of esters is 1. The van der Waals surface area contributed by atoms with Crippen LogP contribution in [-0.2, 0) is 23.1 Å². The van der Waals surface area contributed by atoms with Crippen molar-refractivity contribution in [3.63, 3.8) is 0 Å². The predicted molar refractivity (Wildman–Crippen MR) is 112 cm³/mol. The number of anilines is 1. The molecule has 0 fully saturated rings. The highest BCUT2D eigenvalue weighted by Gasteiger charge is 2.25. The van der Waals surface area contributed by atoms with Gasteiger partial charge in [-0.2, -0.15) is 0 Å². The van der Waals surface area contributed by atoms with Crippen molar-refractivity contribution in [3.05, 3.63) is 64.8 Å². The smallest absolute Gasteiger partial charge is 0.355 e. The zero-order valence-corrected chi connectivity index (χ0v) is 17.1. The average molecular weight is 419 g/mol. The Hall–Kier alpha value is -2.61. The molecule has 0 radical (unpaired) electrons. The fraction of sp³-hybridized carbons (Fsp3) is 0.150. The number of methoxy groups -OCH3 is 1.